The average molecular weight is 304 g/mol. The highest BCUT2D eigenvalue weighted by atomic mass is 19.4. The lowest BCUT2D eigenvalue weighted by molar-refractivity contribution is -0.143. The number of amides is 1. The van der Waals surface area contributed by atoms with Crippen molar-refractivity contribution in [1.29, 1.82) is 0 Å². The Labute approximate surface area is 119 Å². The molecule has 1 aromatic rings. The normalized spacial score (nSPS) is 11.0. The Morgan fingerprint density at radius 3 is 2.57 bits per heavy atom. The minimum Gasteiger partial charge on any atom is -0.466 e. The number of esters is 1. The molecule has 1 heterocycles. The molecule has 0 aliphatic carbocycles. The van der Waals surface area contributed by atoms with Crippen molar-refractivity contribution in [3.05, 3.63) is 29.6 Å². The fourth-order valence-corrected chi connectivity index (χ4v) is 1.45. The molecule has 0 aliphatic heterocycles. The van der Waals surface area contributed by atoms with E-state index in [9.17, 15) is 22.8 Å². The van der Waals surface area contributed by atoms with Crippen LogP contribution >= 0.6 is 0 Å². The van der Waals surface area contributed by atoms with E-state index in [1.807, 2.05) is 0 Å². The number of alkyl halides is 3. The number of rotatable bonds is 6. The first-order chi connectivity index (χ1) is 9.84. The zero-order valence-electron chi connectivity index (χ0n) is 11.4. The van der Waals surface area contributed by atoms with Crippen LogP contribution in [0, 0.1) is 0 Å². The van der Waals surface area contributed by atoms with Crippen LogP contribution < -0.4 is 5.32 Å². The van der Waals surface area contributed by atoms with E-state index < -0.39 is 17.6 Å². The summed E-state index contributed by atoms with van der Waals surface area (Å²) in [6.45, 7) is 2.19. The first-order valence-electron chi connectivity index (χ1n) is 6.31. The third kappa shape index (κ3) is 5.80. The number of carbonyl (C=O) groups is 2. The zero-order chi connectivity index (χ0) is 15.9. The molecule has 0 spiro atoms. The number of halogens is 3. The van der Waals surface area contributed by atoms with Crippen molar-refractivity contribution in [3.63, 3.8) is 0 Å². The standard InChI is InChI=1S/C13H15F3N2O3/c1-2-21-11(19)4-3-7-17-12(20)10-6-5-9(8-18-10)13(14,15)16/h5-6,8H,2-4,7H2,1H3,(H,17,20). The minimum absolute atomic E-state index is 0.112. The summed E-state index contributed by atoms with van der Waals surface area (Å²) in [5, 5.41) is 2.46. The Morgan fingerprint density at radius 1 is 1.33 bits per heavy atom. The minimum atomic E-state index is -4.48. The number of hydrogen-bond acceptors (Lipinski definition) is 4. The van der Waals surface area contributed by atoms with Gasteiger partial charge in [-0.1, -0.05) is 0 Å². The molecule has 0 saturated carbocycles. The SMILES string of the molecule is CCOC(=O)CCCNC(=O)c1ccc(C(F)(F)F)cn1. The highest BCUT2D eigenvalue weighted by Gasteiger charge is 2.30. The molecule has 0 atom stereocenters. The highest BCUT2D eigenvalue weighted by molar-refractivity contribution is 5.92. The van der Waals surface area contributed by atoms with Crippen LogP contribution in [0.5, 0.6) is 0 Å². The summed E-state index contributed by atoms with van der Waals surface area (Å²) >= 11 is 0. The number of ether oxygens (including phenoxy) is 1. The van der Waals surface area contributed by atoms with Crippen molar-refractivity contribution in [2.24, 2.45) is 0 Å². The second-order valence-corrected chi connectivity index (χ2v) is 4.09. The summed E-state index contributed by atoms with van der Waals surface area (Å²) in [4.78, 5) is 26.1. The number of nitrogens with one attached hydrogen (secondary N) is 1. The molecule has 8 heteroatoms. The van der Waals surface area contributed by atoms with E-state index in [1.165, 1.54) is 0 Å². The van der Waals surface area contributed by atoms with E-state index in [4.69, 9.17) is 4.74 Å². The van der Waals surface area contributed by atoms with Gasteiger partial charge < -0.3 is 10.1 Å². The third-order valence-corrected chi connectivity index (χ3v) is 2.47. The Bertz CT molecular complexity index is 486. The third-order valence-electron chi connectivity index (χ3n) is 2.47. The Morgan fingerprint density at radius 2 is 2.05 bits per heavy atom. The van der Waals surface area contributed by atoms with Crippen LogP contribution in [0.25, 0.3) is 0 Å². The molecule has 0 bridgehead atoms. The van der Waals surface area contributed by atoms with Gasteiger partial charge in [-0.25, -0.2) is 0 Å². The second-order valence-electron chi connectivity index (χ2n) is 4.09. The molecular weight excluding hydrogens is 289 g/mol. The molecular formula is C13H15F3N2O3. The largest absolute Gasteiger partial charge is 0.466 e. The van der Waals surface area contributed by atoms with Gasteiger partial charge in [0.2, 0.25) is 0 Å². The number of hydrogen-bond donors (Lipinski definition) is 1. The van der Waals surface area contributed by atoms with Gasteiger partial charge in [-0.15, -0.1) is 0 Å². The average Bonchev–Trinajstić information content (AvgIpc) is 2.43. The van der Waals surface area contributed by atoms with E-state index in [0.717, 1.165) is 12.1 Å². The monoisotopic (exact) mass is 304 g/mol. The van der Waals surface area contributed by atoms with E-state index in [1.54, 1.807) is 6.92 Å². The summed E-state index contributed by atoms with van der Waals surface area (Å²) in [5.74, 6) is -0.952. The first kappa shape index (κ1) is 16.9. The molecule has 0 aromatic carbocycles. The molecule has 5 nitrogen and oxygen atoms in total. The van der Waals surface area contributed by atoms with Crippen molar-refractivity contribution in [1.82, 2.24) is 10.3 Å². The van der Waals surface area contributed by atoms with E-state index in [0.29, 0.717) is 19.2 Å². The summed E-state index contributed by atoms with van der Waals surface area (Å²) < 4.78 is 41.7. The van der Waals surface area contributed by atoms with Crippen LogP contribution in [0.3, 0.4) is 0 Å². The number of aromatic nitrogens is 1. The predicted molar refractivity (Wildman–Crippen MR) is 67.4 cm³/mol. The van der Waals surface area contributed by atoms with Crippen LogP contribution in [0.1, 0.15) is 35.8 Å². The maximum absolute atomic E-state index is 12.3. The number of carbonyl (C=O) groups excluding carboxylic acids is 2. The molecule has 0 radical (unpaired) electrons. The predicted octanol–water partition coefficient (Wildman–Crippen LogP) is 2.17. The lowest BCUT2D eigenvalue weighted by Crippen LogP contribution is -2.26. The zero-order valence-corrected chi connectivity index (χ0v) is 11.4. The molecule has 1 amide bonds. The van der Waals surface area contributed by atoms with Crippen molar-refractivity contribution in [3.8, 4) is 0 Å². The second kappa shape index (κ2) is 7.61. The van der Waals surface area contributed by atoms with E-state index in [2.05, 4.69) is 10.3 Å². The Hall–Kier alpha value is -2.12. The quantitative estimate of drug-likeness (QED) is 0.646. The van der Waals surface area contributed by atoms with Gasteiger partial charge in [0.25, 0.3) is 5.91 Å². The Kier molecular flexibility index (Phi) is 6.13. The topological polar surface area (TPSA) is 68.3 Å². The van der Waals surface area contributed by atoms with Gasteiger partial charge in [0, 0.05) is 19.2 Å². The van der Waals surface area contributed by atoms with Crippen molar-refractivity contribution in [2.45, 2.75) is 25.9 Å². The molecule has 0 fully saturated rings. The summed E-state index contributed by atoms with van der Waals surface area (Å²) in [7, 11) is 0. The van der Waals surface area contributed by atoms with Gasteiger partial charge in [-0.05, 0) is 25.5 Å². The van der Waals surface area contributed by atoms with Crippen LogP contribution in [0.4, 0.5) is 13.2 Å². The maximum atomic E-state index is 12.3. The summed E-state index contributed by atoms with van der Waals surface area (Å²) in [5.41, 5.74) is -1.03. The number of pyridine rings is 1. The molecule has 1 rings (SSSR count). The number of nitrogens with zero attached hydrogens (tertiary/aromatic N) is 1. The van der Waals surface area contributed by atoms with Gasteiger partial charge in [-0.3, -0.25) is 14.6 Å². The smallest absolute Gasteiger partial charge is 0.417 e. The van der Waals surface area contributed by atoms with E-state index >= 15 is 0 Å². The summed E-state index contributed by atoms with van der Waals surface area (Å²) in [6, 6.07) is 1.80. The van der Waals surface area contributed by atoms with Crippen molar-refractivity contribution >= 4 is 11.9 Å². The fraction of sp³-hybridized carbons (Fsp3) is 0.462. The fourth-order valence-electron chi connectivity index (χ4n) is 1.45. The highest BCUT2D eigenvalue weighted by Crippen LogP contribution is 2.28. The van der Waals surface area contributed by atoms with Crippen LogP contribution in [0.2, 0.25) is 0 Å². The molecule has 0 unspecified atom stereocenters. The van der Waals surface area contributed by atoms with Crippen molar-refractivity contribution in [2.75, 3.05) is 13.2 Å². The van der Waals surface area contributed by atoms with Gasteiger partial charge in [-0.2, -0.15) is 13.2 Å². The lowest BCUT2D eigenvalue weighted by atomic mass is 10.2. The van der Waals surface area contributed by atoms with Gasteiger partial charge in [0.15, 0.2) is 0 Å². The molecule has 0 aliphatic rings. The molecule has 116 valence electrons. The first-order valence-corrected chi connectivity index (χ1v) is 6.31. The van der Waals surface area contributed by atoms with Crippen LogP contribution in [-0.4, -0.2) is 30.0 Å². The van der Waals surface area contributed by atoms with Crippen LogP contribution in [0.15, 0.2) is 18.3 Å². The summed E-state index contributed by atoms with van der Waals surface area (Å²) in [6.07, 6.45) is -3.34. The molecule has 0 saturated heterocycles. The lowest BCUT2D eigenvalue weighted by Gasteiger charge is -2.07. The Balaban J connectivity index is 2.41. The van der Waals surface area contributed by atoms with Gasteiger partial charge >= 0.3 is 12.1 Å². The molecule has 1 aromatic heterocycles. The van der Waals surface area contributed by atoms with E-state index in [-0.39, 0.29) is 24.6 Å². The van der Waals surface area contributed by atoms with Gasteiger partial charge in [0.05, 0.1) is 12.2 Å². The van der Waals surface area contributed by atoms with Crippen LogP contribution in [-0.2, 0) is 15.7 Å². The molecule has 21 heavy (non-hydrogen) atoms. The van der Waals surface area contributed by atoms with Crippen molar-refractivity contribution < 1.29 is 27.5 Å². The maximum Gasteiger partial charge on any atom is 0.417 e. The van der Waals surface area contributed by atoms with Gasteiger partial charge in [0.1, 0.15) is 5.69 Å². The molecule has 1 N–H and O–H groups in total.